The Labute approximate surface area is 118 Å². The predicted molar refractivity (Wildman–Crippen MR) is 74.9 cm³/mol. The van der Waals surface area contributed by atoms with E-state index in [-0.39, 0.29) is 30.3 Å². The lowest BCUT2D eigenvalue weighted by Crippen LogP contribution is -2.54. The molecule has 5 nitrogen and oxygen atoms in total. The summed E-state index contributed by atoms with van der Waals surface area (Å²) < 4.78 is 0. The number of nitrogens with zero attached hydrogens (tertiary/aromatic N) is 2. The average molecular weight is 294 g/mol. The van der Waals surface area contributed by atoms with Crippen LogP contribution in [0.15, 0.2) is 0 Å². The van der Waals surface area contributed by atoms with Gasteiger partial charge in [0.15, 0.2) is 0 Å². The molecule has 0 aliphatic carbocycles. The van der Waals surface area contributed by atoms with Gasteiger partial charge in [-0.1, -0.05) is 6.92 Å². The molecule has 2 amide bonds. The van der Waals surface area contributed by atoms with E-state index in [1.54, 1.807) is 16.7 Å². The number of piperazine rings is 1. The van der Waals surface area contributed by atoms with E-state index in [1.807, 2.05) is 11.8 Å². The zero-order valence-electron chi connectivity index (χ0n) is 10.6. The molecule has 0 aromatic rings. The number of amides is 2. The van der Waals surface area contributed by atoms with Gasteiger partial charge in [-0.3, -0.25) is 9.59 Å². The molecule has 1 unspecified atom stereocenters. The zero-order valence-corrected chi connectivity index (χ0v) is 12.2. The molecule has 0 saturated carbocycles. The molecule has 0 aromatic carbocycles. The highest BCUT2D eigenvalue weighted by Gasteiger charge is 2.36. The number of halogens is 1. The van der Waals surface area contributed by atoms with Gasteiger partial charge in [0.25, 0.3) is 0 Å². The molecule has 2 aliphatic heterocycles. The number of thioether (sulfide) groups is 1. The number of carbonyl (C=O) groups excluding carboxylic acids is 2. The second kappa shape index (κ2) is 7.21. The fourth-order valence-corrected chi connectivity index (χ4v) is 3.36. The van der Waals surface area contributed by atoms with Crippen molar-refractivity contribution >= 4 is 36.0 Å². The molecule has 18 heavy (non-hydrogen) atoms. The summed E-state index contributed by atoms with van der Waals surface area (Å²) in [5.41, 5.74) is 0. The van der Waals surface area contributed by atoms with Crippen molar-refractivity contribution in [3.05, 3.63) is 0 Å². The number of nitrogens with one attached hydrogen (secondary N) is 1. The fourth-order valence-electron chi connectivity index (χ4n) is 2.19. The first kappa shape index (κ1) is 15.6. The summed E-state index contributed by atoms with van der Waals surface area (Å²) in [6.45, 7) is 5.07. The topological polar surface area (TPSA) is 52.7 Å². The van der Waals surface area contributed by atoms with Crippen LogP contribution in [0.4, 0.5) is 0 Å². The van der Waals surface area contributed by atoms with Crippen molar-refractivity contribution in [3.63, 3.8) is 0 Å². The van der Waals surface area contributed by atoms with Crippen molar-refractivity contribution in [2.24, 2.45) is 0 Å². The smallest absolute Gasteiger partial charge is 0.246 e. The van der Waals surface area contributed by atoms with Crippen LogP contribution in [0.1, 0.15) is 13.3 Å². The molecule has 1 N–H and O–H groups in total. The van der Waals surface area contributed by atoms with Gasteiger partial charge in [-0.25, -0.2) is 0 Å². The molecule has 2 fully saturated rings. The lowest BCUT2D eigenvalue weighted by atomic mass is 10.2. The Kier molecular flexibility index (Phi) is 6.25. The summed E-state index contributed by atoms with van der Waals surface area (Å²) in [6.07, 6.45) is 0.478. The van der Waals surface area contributed by atoms with Gasteiger partial charge in [-0.15, -0.1) is 24.2 Å². The minimum atomic E-state index is -0.231. The molecule has 2 saturated heterocycles. The van der Waals surface area contributed by atoms with Crippen molar-refractivity contribution in [2.45, 2.75) is 19.4 Å². The SMILES string of the molecule is CCC(=O)N1CSCC1C(=O)N1CCNCC1.Cl. The number of rotatable bonds is 2. The third-order valence-electron chi connectivity index (χ3n) is 3.22. The highest BCUT2D eigenvalue weighted by Crippen LogP contribution is 2.23. The largest absolute Gasteiger partial charge is 0.338 e. The highest BCUT2D eigenvalue weighted by molar-refractivity contribution is 7.99. The van der Waals surface area contributed by atoms with E-state index in [0.29, 0.717) is 12.3 Å². The van der Waals surface area contributed by atoms with E-state index in [0.717, 1.165) is 31.9 Å². The summed E-state index contributed by atoms with van der Waals surface area (Å²) in [6, 6.07) is -0.231. The normalized spacial score (nSPS) is 23.7. The summed E-state index contributed by atoms with van der Waals surface area (Å²) in [5, 5.41) is 3.23. The molecule has 0 radical (unpaired) electrons. The van der Waals surface area contributed by atoms with Crippen molar-refractivity contribution < 1.29 is 9.59 Å². The molecule has 2 heterocycles. The van der Waals surface area contributed by atoms with E-state index in [9.17, 15) is 9.59 Å². The molecule has 0 spiro atoms. The minimum Gasteiger partial charge on any atom is -0.338 e. The molecular weight excluding hydrogens is 274 g/mol. The Morgan fingerprint density at radius 3 is 2.61 bits per heavy atom. The van der Waals surface area contributed by atoms with Gasteiger partial charge >= 0.3 is 0 Å². The van der Waals surface area contributed by atoms with E-state index in [2.05, 4.69) is 5.32 Å². The fraction of sp³-hybridized carbons (Fsp3) is 0.818. The number of hydrogen-bond donors (Lipinski definition) is 1. The van der Waals surface area contributed by atoms with Crippen LogP contribution in [0.25, 0.3) is 0 Å². The van der Waals surface area contributed by atoms with E-state index < -0.39 is 0 Å². The van der Waals surface area contributed by atoms with Gasteiger partial charge in [0.2, 0.25) is 11.8 Å². The van der Waals surface area contributed by atoms with Gasteiger partial charge in [0.05, 0.1) is 5.88 Å². The summed E-state index contributed by atoms with van der Waals surface area (Å²) in [7, 11) is 0. The zero-order chi connectivity index (χ0) is 12.3. The van der Waals surface area contributed by atoms with Crippen molar-refractivity contribution in [1.29, 1.82) is 0 Å². The van der Waals surface area contributed by atoms with Gasteiger partial charge in [0, 0.05) is 38.4 Å². The summed E-state index contributed by atoms with van der Waals surface area (Å²) >= 11 is 1.67. The first-order valence-electron chi connectivity index (χ1n) is 6.10. The van der Waals surface area contributed by atoms with Crippen LogP contribution in [0, 0.1) is 0 Å². The van der Waals surface area contributed by atoms with Crippen molar-refractivity contribution in [2.75, 3.05) is 37.8 Å². The van der Waals surface area contributed by atoms with Crippen LogP contribution in [0.3, 0.4) is 0 Å². The standard InChI is InChI=1S/C11H19N3O2S.ClH/c1-2-10(15)14-8-17-7-9(14)11(16)13-5-3-12-4-6-13;/h9,12H,2-8H2,1H3;1H. The second-order valence-electron chi connectivity index (χ2n) is 4.31. The molecular formula is C11H20ClN3O2S. The monoisotopic (exact) mass is 293 g/mol. The minimum absolute atomic E-state index is 0. The molecule has 2 aliphatic rings. The Bertz CT molecular complexity index is 311. The number of carbonyl (C=O) groups is 2. The van der Waals surface area contributed by atoms with Gasteiger partial charge < -0.3 is 15.1 Å². The van der Waals surface area contributed by atoms with E-state index in [1.165, 1.54) is 0 Å². The number of hydrogen-bond acceptors (Lipinski definition) is 4. The Morgan fingerprint density at radius 2 is 2.00 bits per heavy atom. The van der Waals surface area contributed by atoms with Crippen LogP contribution in [-0.4, -0.2) is 65.5 Å². The Morgan fingerprint density at radius 1 is 1.33 bits per heavy atom. The Hall–Kier alpha value is -0.460. The highest BCUT2D eigenvalue weighted by atomic mass is 35.5. The lowest BCUT2D eigenvalue weighted by Gasteiger charge is -2.32. The quantitative estimate of drug-likeness (QED) is 0.788. The summed E-state index contributed by atoms with van der Waals surface area (Å²) in [5.74, 6) is 1.62. The second-order valence-corrected chi connectivity index (χ2v) is 5.31. The van der Waals surface area contributed by atoms with E-state index >= 15 is 0 Å². The van der Waals surface area contributed by atoms with Crippen LogP contribution in [0.2, 0.25) is 0 Å². The molecule has 1 atom stereocenters. The van der Waals surface area contributed by atoms with Crippen molar-refractivity contribution in [1.82, 2.24) is 15.1 Å². The first-order chi connectivity index (χ1) is 8.24. The maximum absolute atomic E-state index is 12.3. The van der Waals surface area contributed by atoms with Crippen LogP contribution < -0.4 is 5.32 Å². The molecule has 7 heteroatoms. The van der Waals surface area contributed by atoms with Crippen LogP contribution >= 0.6 is 24.2 Å². The average Bonchev–Trinajstić information content (AvgIpc) is 2.87. The third-order valence-corrected chi connectivity index (χ3v) is 4.23. The Balaban J connectivity index is 0.00000162. The van der Waals surface area contributed by atoms with Gasteiger partial charge in [0.1, 0.15) is 6.04 Å². The van der Waals surface area contributed by atoms with Crippen LogP contribution in [-0.2, 0) is 9.59 Å². The first-order valence-corrected chi connectivity index (χ1v) is 7.26. The summed E-state index contributed by atoms with van der Waals surface area (Å²) in [4.78, 5) is 27.7. The van der Waals surface area contributed by atoms with Crippen LogP contribution in [0.5, 0.6) is 0 Å². The van der Waals surface area contributed by atoms with Crippen molar-refractivity contribution in [3.8, 4) is 0 Å². The lowest BCUT2D eigenvalue weighted by molar-refractivity contribution is -0.143. The third kappa shape index (κ3) is 3.30. The van der Waals surface area contributed by atoms with E-state index in [4.69, 9.17) is 0 Å². The molecule has 104 valence electrons. The molecule has 2 rings (SSSR count). The predicted octanol–water partition coefficient (Wildman–Crippen LogP) is 0.151. The van der Waals surface area contributed by atoms with Gasteiger partial charge in [-0.05, 0) is 0 Å². The molecule has 0 bridgehead atoms. The van der Waals surface area contributed by atoms with Gasteiger partial charge in [-0.2, -0.15) is 0 Å². The maximum Gasteiger partial charge on any atom is 0.246 e. The maximum atomic E-state index is 12.3. The molecule has 0 aromatic heterocycles.